The largest absolute Gasteiger partial charge is 0.780 e. The number of ether oxygens (including phenoxy) is 2. The zero-order chi connectivity index (χ0) is 21.7. The normalized spacial score (nSPS) is 13.0. The molecule has 0 amide bonds. The van der Waals surface area contributed by atoms with E-state index in [1.165, 1.54) is 6.07 Å². The van der Waals surface area contributed by atoms with Gasteiger partial charge < -0.3 is 27.2 Å². The van der Waals surface area contributed by atoms with Gasteiger partial charge in [-0.15, -0.1) is 0 Å². The van der Waals surface area contributed by atoms with Crippen molar-refractivity contribution in [3.05, 3.63) is 82.9 Å². The van der Waals surface area contributed by atoms with Gasteiger partial charge in [-0.3, -0.25) is 9.78 Å². The number of aliphatic hydroxyl groups is 1. The van der Waals surface area contributed by atoms with Gasteiger partial charge in [0.2, 0.25) is 0 Å². The Balaban J connectivity index is 0.00000111. The fraction of sp³-hybridized carbons (Fsp3) is 0.217. The van der Waals surface area contributed by atoms with Crippen molar-refractivity contribution in [2.75, 3.05) is 13.7 Å². The molecule has 1 aliphatic rings. The van der Waals surface area contributed by atoms with Crippen LogP contribution in [-0.2, 0) is 33.7 Å². The summed E-state index contributed by atoms with van der Waals surface area (Å²) in [5.41, 5.74) is 2.39. The van der Waals surface area contributed by atoms with Gasteiger partial charge >= 0.3 is 0 Å². The molecule has 1 atom stereocenters. The van der Waals surface area contributed by atoms with E-state index in [4.69, 9.17) is 27.2 Å². The summed E-state index contributed by atoms with van der Waals surface area (Å²) in [4.78, 5) is 16.8. The van der Waals surface area contributed by atoms with Crippen LogP contribution in [0.5, 0.6) is 11.5 Å². The Morgan fingerprint density at radius 2 is 1.74 bits per heavy atom. The Morgan fingerprint density at radius 3 is 2.39 bits per heavy atom. The molecule has 0 fully saturated rings. The third kappa shape index (κ3) is 5.48. The maximum Gasteiger partial charge on any atom is 0.170 e. The third-order valence-corrected chi connectivity index (χ3v) is 4.99. The summed E-state index contributed by atoms with van der Waals surface area (Å²) in [5, 5.41) is 7.00. The zero-order valence-corrected chi connectivity index (χ0v) is 20.8. The maximum absolute atomic E-state index is 14.9. The molecular formula is C23H21FNO4SW-. The number of benzene rings is 2. The van der Waals surface area contributed by atoms with E-state index >= 15 is 0 Å². The number of hydrogen-bond acceptors (Lipinski definition) is 6. The standard InChI is InChI=1S/C22H18FNO3S.CH4O.W/c1-13-20-17(19(25)8-11-26-20)12-18(23)21(13)27-22(15-6-9-24-10-7-15)14-2-4-16(28)5-3-14;1-2;/h2-7,9-10,12,22,28H,8,11H2,1H3;2H,1H3;/p-1. The minimum atomic E-state index is -0.589. The van der Waals surface area contributed by atoms with Crippen molar-refractivity contribution < 1.29 is 44.8 Å². The summed E-state index contributed by atoms with van der Waals surface area (Å²) in [5.74, 6) is -0.254. The minimum absolute atomic E-state index is 0. The molecule has 31 heavy (non-hydrogen) atoms. The molecule has 162 valence electrons. The fourth-order valence-electron chi connectivity index (χ4n) is 3.29. The van der Waals surface area contributed by atoms with E-state index < -0.39 is 11.9 Å². The molecule has 0 saturated carbocycles. The number of carbonyl (C=O) groups is 1. The predicted octanol–water partition coefficient (Wildman–Crippen LogP) is 4.17. The Kier molecular flexibility index (Phi) is 9.11. The number of Topliss-reactive ketones (excluding diaryl/α,β-unsaturated/α-hetero) is 1. The molecule has 0 aliphatic carbocycles. The van der Waals surface area contributed by atoms with Gasteiger partial charge in [0, 0.05) is 52.6 Å². The maximum atomic E-state index is 14.9. The molecule has 8 heteroatoms. The van der Waals surface area contributed by atoms with Crippen molar-refractivity contribution in [3.63, 3.8) is 0 Å². The van der Waals surface area contributed by atoms with Crippen LogP contribution in [0.15, 0.2) is 59.8 Å². The number of carbonyl (C=O) groups excluding carboxylic acids is 1. The molecule has 2 heterocycles. The summed E-state index contributed by atoms with van der Waals surface area (Å²) in [6.45, 7) is 1.98. The molecule has 1 unspecified atom stereocenters. The molecule has 0 saturated heterocycles. The molecule has 0 bridgehead atoms. The summed E-state index contributed by atoms with van der Waals surface area (Å²) in [6.07, 6.45) is 3.00. The molecule has 1 aliphatic heterocycles. The average molecular weight is 610 g/mol. The van der Waals surface area contributed by atoms with Crippen LogP contribution in [-0.4, -0.2) is 29.6 Å². The fourth-order valence-corrected chi connectivity index (χ4v) is 3.42. The van der Waals surface area contributed by atoms with Gasteiger partial charge in [0.15, 0.2) is 17.3 Å². The van der Waals surface area contributed by atoms with Gasteiger partial charge in [-0.2, -0.15) is 4.90 Å². The number of fused-ring (bicyclic) bond motifs is 1. The molecule has 0 spiro atoms. The molecule has 0 radical (unpaired) electrons. The summed E-state index contributed by atoms with van der Waals surface area (Å²) in [6, 6.07) is 12.2. The SMILES string of the molecule is CO.Cc1c(OC(c2ccncc2)c2ccc([S-])cc2)c(F)cc2c1OCCC2=O.[W]. The predicted molar refractivity (Wildman–Crippen MR) is 113 cm³/mol. The smallest absolute Gasteiger partial charge is 0.170 e. The summed E-state index contributed by atoms with van der Waals surface area (Å²) >= 11 is 5.16. The number of aliphatic hydroxyl groups excluding tert-OH is 1. The second-order valence-corrected chi connectivity index (χ2v) is 7.03. The summed E-state index contributed by atoms with van der Waals surface area (Å²) < 4.78 is 26.7. The van der Waals surface area contributed by atoms with E-state index in [0.717, 1.165) is 18.2 Å². The van der Waals surface area contributed by atoms with Crippen molar-refractivity contribution in [1.82, 2.24) is 4.98 Å². The van der Waals surface area contributed by atoms with Gasteiger partial charge in [-0.25, -0.2) is 4.39 Å². The molecule has 2 aromatic carbocycles. The van der Waals surface area contributed by atoms with Gasteiger partial charge in [0.05, 0.1) is 12.2 Å². The van der Waals surface area contributed by atoms with E-state index in [0.29, 0.717) is 16.2 Å². The monoisotopic (exact) mass is 610 g/mol. The quantitative estimate of drug-likeness (QED) is 0.448. The molecule has 1 N–H and O–H groups in total. The van der Waals surface area contributed by atoms with E-state index in [9.17, 15) is 9.18 Å². The topological polar surface area (TPSA) is 68.7 Å². The van der Waals surface area contributed by atoms with Crippen LogP contribution < -0.4 is 9.47 Å². The number of hydrogen-bond donors (Lipinski definition) is 1. The second kappa shape index (κ2) is 11.3. The number of nitrogens with zero attached hydrogens (tertiary/aromatic N) is 1. The van der Waals surface area contributed by atoms with E-state index in [-0.39, 0.29) is 51.2 Å². The number of pyridine rings is 1. The molecule has 5 nitrogen and oxygen atoms in total. The first-order valence-electron chi connectivity index (χ1n) is 9.32. The molecule has 3 aromatic rings. The summed E-state index contributed by atoms with van der Waals surface area (Å²) in [7, 11) is 1.00. The molecule has 1 aromatic heterocycles. The van der Waals surface area contributed by atoms with E-state index in [1.807, 2.05) is 24.3 Å². The van der Waals surface area contributed by atoms with E-state index in [1.54, 1.807) is 31.5 Å². The van der Waals surface area contributed by atoms with Crippen LogP contribution in [0, 0.1) is 12.7 Å². The van der Waals surface area contributed by atoms with Crippen LogP contribution in [0.25, 0.3) is 0 Å². The minimum Gasteiger partial charge on any atom is -0.780 e. The van der Waals surface area contributed by atoms with Crippen LogP contribution in [0.4, 0.5) is 4.39 Å². The van der Waals surface area contributed by atoms with Gasteiger partial charge in [0.1, 0.15) is 11.9 Å². The van der Waals surface area contributed by atoms with Crippen molar-refractivity contribution >= 4 is 18.4 Å². The van der Waals surface area contributed by atoms with Crippen LogP contribution >= 0.6 is 0 Å². The third-order valence-electron chi connectivity index (χ3n) is 4.72. The van der Waals surface area contributed by atoms with Crippen LogP contribution in [0.3, 0.4) is 0 Å². The Hall–Kier alpha value is -2.34. The van der Waals surface area contributed by atoms with Crippen molar-refractivity contribution in [1.29, 1.82) is 0 Å². The first-order chi connectivity index (χ1) is 14.5. The van der Waals surface area contributed by atoms with Gasteiger partial charge in [-0.05, 0) is 36.2 Å². The average Bonchev–Trinajstić information content (AvgIpc) is 2.77. The molecule has 4 rings (SSSR count). The second-order valence-electron chi connectivity index (χ2n) is 6.56. The number of rotatable bonds is 4. The van der Waals surface area contributed by atoms with Gasteiger partial charge in [0.25, 0.3) is 0 Å². The Bertz CT molecular complexity index is 1030. The number of aromatic nitrogens is 1. The Labute approximate surface area is 200 Å². The zero-order valence-electron chi connectivity index (χ0n) is 17.0. The van der Waals surface area contributed by atoms with Crippen molar-refractivity contribution in [2.24, 2.45) is 0 Å². The number of halogens is 1. The first-order valence-corrected chi connectivity index (χ1v) is 9.73. The molecular weight excluding hydrogens is 589 g/mol. The van der Waals surface area contributed by atoms with Crippen LogP contribution in [0.2, 0.25) is 0 Å². The van der Waals surface area contributed by atoms with Crippen LogP contribution in [0.1, 0.15) is 39.6 Å². The van der Waals surface area contributed by atoms with Crippen molar-refractivity contribution in [3.8, 4) is 11.5 Å². The van der Waals surface area contributed by atoms with Crippen molar-refractivity contribution in [2.45, 2.75) is 24.3 Å². The van der Waals surface area contributed by atoms with Gasteiger partial charge in [-0.1, -0.05) is 24.3 Å². The first kappa shape index (κ1) is 24.9. The van der Waals surface area contributed by atoms with E-state index in [2.05, 4.69) is 4.98 Å². The Morgan fingerprint density at radius 1 is 1.13 bits per heavy atom. The number of ketones is 1.